The number of halogens is 1. The van der Waals surface area contributed by atoms with Crippen molar-refractivity contribution in [3.05, 3.63) is 94.5 Å². The Balaban J connectivity index is 1.61. The summed E-state index contributed by atoms with van der Waals surface area (Å²) in [5, 5.41) is 20.3. The van der Waals surface area contributed by atoms with Crippen molar-refractivity contribution in [1.82, 2.24) is 10.4 Å². The lowest BCUT2D eigenvalue weighted by atomic mass is 10.0. The molecule has 3 N–H and O–H groups in total. The summed E-state index contributed by atoms with van der Waals surface area (Å²) in [6, 6.07) is 22.6. The molecule has 0 spiro atoms. The smallest absolute Gasteiger partial charge is 0.243 e. The molecule has 4 rings (SSSR count). The summed E-state index contributed by atoms with van der Waals surface area (Å²) in [5.74, 6) is -0.894. The third-order valence-corrected chi connectivity index (χ3v) is 6.34. The minimum absolute atomic E-state index is 0.0739. The summed E-state index contributed by atoms with van der Waals surface area (Å²) < 4.78 is 0. The summed E-state index contributed by atoms with van der Waals surface area (Å²) in [6.45, 7) is 0.276. The zero-order chi connectivity index (χ0) is 23.4. The SMILES string of the molecule is O=C(CCC(=O)N(Cc1ccc(-c2ccccc2Cl)cc1)[C@H]1c2ccccc2C[C@H]1O)NO. The highest BCUT2D eigenvalue weighted by Gasteiger charge is 2.37. The first-order valence-corrected chi connectivity index (χ1v) is 11.2. The number of aliphatic hydroxyl groups is 1. The Labute approximate surface area is 197 Å². The highest BCUT2D eigenvalue weighted by atomic mass is 35.5. The Bertz CT molecular complexity index is 1150. The summed E-state index contributed by atoms with van der Waals surface area (Å²) in [4.78, 5) is 26.3. The van der Waals surface area contributed by atoms with Gasteiger partial charge in [0, 0.05) is 36.4 Å². The number of hydrogen-bond acceptors (Lipinski definition) is 4. The van der Waals surface area contributed by atoms with Crippen molar-refractivity contribution in [1.29, 1.82) is 0 Å². The molecular weight excluding hydrogens is 440 g/mol. The van der Waals surface area contributed by atoms with Crippen molar-refractivity contribution in [3.63, 3.8) is 0 Å². The maximum Gasteiger partial charge on any atom is 0.243 e. The number of hydrogen-bond donors (Lipinski definition) is 3. The van der Waals surface area contributed by atoms with E-state index < -0.39 is 18.1 Å². The van der Waals surface area contributed by atoms with E-state index in [-0.39, 0.29) is 25.3 Å². The van der Waals surface area contributed by atoms with Gasteiger partial charge in [0.25, 0.3) is 0 Å². The van der Waals surface area contributed by atoms with E-state index in [1.54, 1.807) is 10.4 Å². The Kier molecular flexibility index (Phi) is 7.08. The summed E-state index contributed by atoms with van der Waals surface area (Å²) in [7, 11) is 0. The molecule has 0 radical (unpaired) electrons. The minimum atomic E-state index is -0.736. The van der Waals surface area contributed by atoms with Crippen LogP contribution < -0.4 is 5.48 Å². The molecule has 0 saturated carbocycles. The first-order valence-electron chi connectivity index (χ1n) is 10.8. The fourth-order valence-corrected chi connectivity index (χ4v) is 4.62. The van der Waals surface area contributed by atoms with Crippen LogP contribution in [0.5, 0.6) is 0 Å². The zero-order valence-corrected chi connectivity index (χ0v) is 18.7. The van der Waals surface area contributed by atoms with Crippen molar-refractivity contribution < 1.29 is 19.9 Å². The van der Waals surface area contributed by atoms with E-state index in [9.17, 15) is 14.7 Å². The fourth-order valence-electron chi connectivity index (χ4n) is 4.37. The topological polar surface area (TPSA) is 89.9 Å². The van der Waals surface area contributed by atoms with Crippen LogP contribution in [-0.4, -0.2) is 33.1 Å². The predicted molar refractivity (Wildman–Crippen MR) is 125 cm³/mol. The van der Waals surface area contributed by atoms with Crippen LogP contribution in [0.2, 0.25) is 5.02 Å². The number of amides is 2. The Morgan fingerprint density at radius 1 is 0.970 bits per heavy atom. The number of aliphatic hydroxyl groups excluding tert-OH is 1. The van der Waals surface area contributed by atoms with Crippen LogP contribution in [0.3, 0.4) is 0 Å². The molecule has 0 fully saturated rings. The molecule has 7 heteroatoms. The number of nitrogens with one attached hydrogen (secondary N) is 1. The second kappa shape index (κ2) is 10.2. The first-order chi connectivity index (χ1) is 16.0. The third kappa shape index (κ3) is 5.09. The van der Waals surface area contributed by atoms with E-state index >= 15 is 0 Å². The van der Waals surface area contributed by atoms with Crippen LogP contribution >= 0.6 is 11.6 Å². The average Bonchev–Trinajstić information content (AvgIpc) is 3.17. The summed E-state index contributed by atoms with van der Waals surface area (Å²) in [5.41, 5.74) is 6.26. The molecule has 2 amide bonds. The third-order valence-electron chi connectivity index (χ3n) is 6.01. The standard InChI is InChI=1S/C26H25ClN2O4/c27-22-8-4-3-6-20(22)18-11-9-17(10-12-18)16-29(25(32)14-13-24(31)28-33)26-21-7-2-1-5-19(21)15-23(26)30/h1-12,23,26,30,33H,13-16H2,(H,28,31)/t23-,26+/m1/s1. The maximum atomic E-state index is 13.2. The molecule has 6 nitrogen and oxygen atoms in total. The van der Waals surface area contributed by atoms with Gasteiger partial charge in [-0.3, -0.25) is 14.8 Å². The number of carbonyl (C=O) groups excluding carboxylic acids is 2. The average molecular weight is 465 g/mol. The first kappa shape index (κ1) is 23.0. The van der Waals surface area contributed by atoms with Crippen LogP contribution in [0.4, 0.5) is 0 Å². The predicted octanol–water partition coefficient (Wildman–Crippen LogP) is 4.28. The molecule has 33 heavy (non-hydrogen) atoms. The normalized spacial score (nSPS) is 16.8. The molecule has 1 aliphatic rings. The highest BCUT2D eigenvalue weighted by Crippen LogP contribution is 2.37. The quantitative estimate of drug-likeness (QED) is 0.359. The molecular formula is C26H25ClN2O4. The maximum absolute atomic E-state index is 13.2. The van der Waals surface area contributed by atoms with Gasteiger partial charge in [-0.2, -0.15) is 0 Å². The number of fused-ring (bicyclic) bond motifs is 1. The monoisotopic (exact) mass is 464 g/mol. The second-order valence-electron chi connectivity index (χ2n) is 8.15. The van der Waals surface area contributed by atoms with Crippen LogP contribution in [0.25, 0.3) is 11.1 Å². The molecule has 3 aromatic carbocycles. The van der Waals surface area contributed by atoms with E-state index in [2.05, 4.69) is 0 Å². The van der Waals surface area contributed by atoms with Gasteiger partial charge in [0.05, 0.1) is 12.1 Å². The number of benzene rings is 3. The Hall–Kier alpha value is -3.19. The molecule has 170 valence electrons. The lowest BCUT2D eigenvalue weighted by molar-refractivity contribution is -0.140. The molecule has 0 aromatic heterocycles. The summed E-state index contributed by atoms with van der Waals surface area (Å²) >= 11 is 6.32. The lowest BCUT2D eigenvalue weighted by Gasteiger charge is -2.32. The largest absolute Gasteiger partial charge is 0.390 e. The van der Waals surface area contributed by atoms with Crippen LogP contribution in [0, 0.1) is 0 Å². The van der Waals surface area contributed by atoms with Crippen molar-refractivity contribution in [3.8, 4) is 11.1 Å². The molecule has 0 unspecified atom stereocenters. The molecule has 0 aliphatic heterocycles. The van der Waals surface area contributed by atoms with Crippen LogP contribution in [0.1, 0.15) is 35.6 Å². The number of carbonyl (C=O) groups is 2. The van der Waals surface area contributed by atoms with Crippen molar-refractivity contribution in [2.75, 3.05) is 0 Å². The molecule has 0 heterocycles. The van der Waals surface area contributed by atoms with Gasteiger partial charge < -0.3 is 10.0 Å². The number of rotatable bonds is 7. The van der Waals surface area contributed by atoms with E-state index in [4.69, 9.17) is 16.8 Å². The summed E-state index contributed by atoms with van der Waals surface area (Å²) in [6.07, 6.45) is -0.481. The number of hydroxylamine groups is 1. The van der Waals surface area contributed by atoms with Gasteiger partial charge in [-0.15, -0.1) is 0 Å². The van der Waals surface area contributed by atoms with E-state index in [0.717, 1.165) is 27.8 Å². The molecule has 0 saturated heterocycles. The van der Waals surface area contributed by atoms with Crippen molar-refractivity contribution >= 4 is 23.4 Å². The second-order valence-corrected chi connectivity index (χ2v) is 8.56. The van der Waals surface area contributed by atoms with Gasteiger partial charge in [0.1, 0.15) is 0 Å². The van der Waals surface area contributed by atoms with Gasteiger partial charge >= 0.3 is 0 Å². The Morgan fingerprint density at radius 3 is 2.39 bits per heavy atom. The Morgan fingerprint density at radius 2 is 1.67 bits per heavy atom. The number of nitrogens with zero attached hydrogens (tertiary/aromatic N) is 1. The van der Waals surface area contributed by atoms with E-state index in [1.807, 2.05) is 72.8 Å². The van der Waals surface area contributed by atoms with E-state index in [0.29, 0.717) is 11.4 Å². The van der Waals surface area contributed by atoms with Crippen molar-refractivity contribution in [2.24, 2.45) is 0 Å². The molecule has 1 aliphatic carbocycles. The molecule has 0 bridgehead atoms. The highest BCUT2D eigenvalue weighted by molar-refractivity contribution is 6.33. The minimum Gasteiger partial charge on any atom is -0.390 e. The van der Waals surface area contributed by atoms with Crippen LogP contribution in [0.15, 0.2) is 72.8 Å². The van der Waals surface area contributed by atoms with Gasteiger partial charge in [-0.25, -0.2) is 5.48 Å². The van der Waals surface area contributed by atoms with Crippen molar-refractivity contribution in [2.45, 2.75) is 38.0 Å². The lowest BCUT2D eigenvalue weighted by Crippen LogP contribution is -2.39. The fraction of sp³-hybridized carbons (Fsp3) is 0.231. The van der Waals surface area contributed by atoms with E-state index in [1.165, 1.54) is 0 Å². The molecule has 3 aromatic rings. The van der Waals surface area contributed by atoms with Crippen LogP contribution in [-0.2, 0) is 22.6 Å². The van der Waals surface area contributed by atoms with Gasteiger partial charge in [-0.1, -0.05) is 78.3 Å². The van der Waals surface area contributed by atoms with Gasteiger partial charge in [-0.05, 0) is 28.3 Å². The van der Waals surface area contributed by atoms with Gasteiger partial charge in [0.15, 0.2) is 0 Å². The molecule has 2 atom stereocenters. The zero-order valence-electron chi connectivity index (χ0n) is 17.9. The van der Waals surface area contributed by atoms with Gasteiger partial charge in [0.2, 0.25) is 11.8 Å².